The second-order valence-electron chi connectivity index (χ2n) is 6.86. The highest BCUT2D eigenvalue weighted by Gasteiger charge is 2.28. The molecule has 0 bridgehead atoms. The van der Waals surface area contributed by atoms with Gasteiger partial charge < -0.3 is 9.47 Å². The van der Waals surface area contributed by atoms with Gasteiger partial charge in [-0.2, -0.15) is 0 Å². The van der Waals surface area contributed by atoms with E-state index >= 15 is 0 Å². The van der Waals surface area contributed by atoms with Crippen LogP contribution < -0.4 is 14.8 Å². The molecule has 8 heteroatoms. The lowest BCUT2D eigenvalue weighted by Gasteiger charge is -2.16. The monoisotopic (exact) mass is 426 g/mol. The molecule has 29 heavy (non-hydrogen) atoms. The minimum atomic E-state index is -0.0503. The number of ketones is 1. The molecule has 1 aliphatic rings. The lowest BCUT2D eigenvalue weighted by molar-refractivity contribution is 0.103. The number of benzene rings is 2. The number of rotatable bonds is 5. The van der Waals surface area contributed by atoms with Crippen LogP contribution in [0.25, 0.3) is 0 Å². The molecule has 0 atom stereocenters. The molecule has 0 N–H and O–H groups in total. The van der Waals surface area contributed by atoms with Gasteiger partial charge in [-0.25, -0.2) is 4.98 Å². The van der Waals surface area contributed by atoms with Gasteiger partial charge in [0.2, 0.25) is 0 Å². The molecule has 1 aliphatic heterocycles. The Kier molecular flexibility index (Phi) is 5.34. The first-order valence-electron chi connectivity index (χ1n) is 9.00. The molecule has 0 spiro atoms. The third kappa shape index (κ3) is 3.88. The van der Waals surface area contributed by atoms with Gasteiger partial charge in [-0.15, -0.1) is 0 Å². The Hall–Kier alpha value is -2.77. The van der Waals surface area contributed by atoms with E-state index in [4.69, 9.17) is 11.6 Å². The van der Waals surface area contributed by atoms with Gasteiger partial charge >= 0.3 is 0 Å². The number of nitrogens with zero attached hydrogens (tertiary/aromatic N) is 4. The van der Waals surface area contributed by atoms with Gasteiger partial charge in [-0.1, -0.05) is 35.9 Å². The maximum atomic E-state index is 12.6. The lowest BCUT2D eigenvalue weighted by Crippen LogP contribution is -2.26. The first-order valence-corrected chi connectivity index (χ1v) is 10.3. The Balaban J connectivity index is 1.44. The summed E-state index contributed by atoms with van der Waals surface area (Å²) in [6, 6.07) is 14.5. The molecule has 0 saturated heterocycles. The molecule has 6 nitrogen and oxygen atoms in total. The zero-order chi connectivity index (χ0) is 20.5. The molecule has 0 fully saturated rings. The van der Waals surface area contributed by atoms with E-state index in [9.17, 15) is 9.59 Å². The van der Waals surface area contributed by atoms with Crippen LogP contribution in [0.3, 0.4) is 0 Å². The van der Waals surface area contributed by atoms with Gasteiger partial charge in [-0.3, -0.25) is 13.9 Å². The van der Waals surface area contributed by atoms with Crippen molar-refractivity contribution in [1.82, 2.24) is 9.55 Å². The minimum Gasteiger partial charge on any atom is -0.349 e. The second kappa shape index (κ2) is 7.93. The summed E-state index contributed by atoms with van der Waals surface area (Å²) in [4.78, 5) is 31.2. The average molecular weight is 427 g/mol. The molecule has 4 rings (SSSR count). The van der Waals surface area contributed by atoms with Crippen LogP contribution in [0.2, 0.25) is 5.02 Å². The van der Waals surface area contributed by atoms with Crippen LogP contribution in [0.1, 0.15) is 21.5 Å². The highest BCUT2D eigenvalue weighted by molar-refractivity contribution is 7.99. The Morgan fingerprint density at radius 3 is 2.34 bits per heavy atom. The Morgan fingerprint density at radius 1 is 1.07 bits per heavy atom. The van der Waals surface area contributed by atoms with Crippen molar-refractivity contribution < 1.29 is 4.79 Å². The number of fused-ring (bicyclic) bond motifs is 1. The number of aromatic nitrogens is 2. The van der Waals surface area contributed by atoms with Crippen molar-refractivity contribution >= 4 is 40.8 Å². The SMILES string of the molecule is CN1CN(SCc2ccc(C(=O)c3ccc(Cl)cc3)cc2)c2ncn(C)c(=O)c21. The number of anilines is 2. The summed E-state index contributed by atoms with van der Waals surface area (Å²) >= 11 is 7.48. The van der Waals surface area contributed by atoms with Crippen LogP contribution in [-0.2, 0) is 12.8 Å². The van der Waals surface area contributed by atoms with E-state index in [1.54, 1.807) is 49.6 Å². The average Bonchev–Trinajstić information content (AvgIpc) is 3.05. The minimum absolute atomic E-state index is 0.0315. The highest BCUT2D eigenvalue weighted by atomic mass is 35.5. The summed E-state index contributed by atoms with van der Waals surface area (Å²) in [5.41, 5.74) is 2.90. The fraction of sp³-hybridized carbons (Fsp3) is 0.190. The largest absolute Gasteiger partial charge is 0.349 e. The summed E-state index contributed by atoms with van der Waals surface area (Å²) in [6.07, 6.45) is 1.55. The summed E-state index contributed by atoms with van der Waals surface area (Å²) in [7, 11) is 3.59. The van der Waals surface area contributed by atoms with Gasteiger partial charge in [-0.05, 0) is 41.8 Å². The molecule has 0 unspecified atom stereocenters. The summed E-state index contributed by atoms with van der Waals surface area (Å²) in [5.74, 6) is 1.37. The molecule has 0 aliphatic carbocycles. The third-order valence-electron chi connectivity index (χ3n) is 4.76. The third-order valence-corrected chi connectivity index (χ3v) is 6.07. The molecule has 1 aromatic heterocycles. The zero-order valence-corrected chi connectivity index (χ0v) is 17.6. The fourth-order valence-corrected chi connectivity index (χ4v) is 4.27. The van der Waals surface area contributed by atoms with Crippen LogP contribution in [0, 0.1) is 0 Å². The number of aryl methyl sites for hydroxylation is 1. The van der Waals surface area contributed by atoms with E-state index in [1.807, 2.05) is 40.5 Å². The molecular weight excluding hydrogens is 408 g/mol. The predicted molar refractivity (Wildman–Crippen MR) is 118 cm³/mol. The molecule has 0 radical (unpaired) electrons. The normalized spacial score (nSPS) is 12.9. The Bertz CT molecular complexity index is 1110. The number of hydrogen-bond acceptors (Lipinski definition) is 6. The van der Waals surface area contributed by atoms with Crippen LogP contribution in [-0.4, -0.2) is 29.1 Å². The number of halogens is 1. The lowest BCUT2D eigenvalue weighted by atomic mass is 10.0. The first kappa shape index (κ1) is 19.5. The van der Waals surface area contributed by atoms with Gasteiger partial charge in [0.25, 0.3) is 5.56 Å². The first-order chi connectivity index (χ1) is 13.9. The second-order valence-corrected chi connectivity index (χ2v) is 8.28. The quantitative estimate of drug-likeness (QED) is 0.457. The smallest absolute Gasteiger partial charge is 0.278 e. The van der Waals surface area contributed by atoms with Crippen molar-refractivity contribution in [2.75, 3.05) is 22.9 Å². The van der Waals surface area contributed by atoms with Crippen LogP contribution in [0.4, 0.5) is 11.5 Å². The van der Waals surface area contributed by atoms with E-state index in [0.29, 0.717) is 40.1 Å². The molecule has 148 valence electrons. The van der Waals surface area contributed by atoms with E-state index in [-0.39, 0.29) is 11.3 Å². The van der Waals surface area contributed by atoms with Crippen molar-refractivity contribution in [3.8, 4) is 0 Å². The van der Waals surface area contributed by atoms with Crippen molar-refractivity contribution in [3.05, 3.63) is 86.9 Å². The fourth-order valence-electron chi connectivity index (χ4n) is 3.14. The Labute approximate surface area is 177 Å². The standard InChI is InChI=1S/C21H19ClN4O2S/c1-24-12-23-20-18(21(24)28)25(2)13-26(20)29-11-14-3-5-15(6-4-14)19(27)16-7-9-17(22)10-8-16/h3-10,12H,11,13H2,1-2H3. The molecule has 2 aromatic carbocycles. The number of hydrogen-bond donors (Lipinski definition) is 0. The van der Waals surface area contributed by atoms with Crippen molar-refractivity contribution in [2.24, 2.45) is 7.05 Å². The maximum Gasteiger partial charge on any atom is 0.278 e. The maximum absolute atomic E-state index is 12.6. The number of carbonyl (C=O) groups is 1. The molecule has 2 heterocycles. The van der Waals surface area contributed by atoms with Crippen molar-refractivity contribution in [1.29, 1.82) is 0 Å². The summed E-state index contributed by atoms with van der Waals surface area (Å²) in [5, 5.41) is 0.607. The predicted octanol–water partition coefficient (Wildman–Crippen LogP) is 3.73. The zero-order valence-electron chi connectivity index (χ0n) is 16.0. The van der Waals surface area contributed by atoms with Crippen LogP contribution in [0.15, 0.2) is 59.7 Å². The topological polar surface area (TPSA) is 58.4 Å². The summed E-state index contributed by atoms with van der Waals surface area (Å²) < 4.78 is 3.50. The van der Waals surface area contributed by atoms with Crippen LogP contribution in [0.5, 0.6) is 0 Å². The van der Waals surface area contributed by atoms with Gasteiger partial charge in [0, 0.05) is 36.0 Å². The molecule has 3 aromatic rings. The van der Waals surface area contributed by atoms with Gasteiger partial charge in [0.15, 0.2) is 11.6 Å². The van der Waals surface area contributed by atoms with Crippen LogP contribution >= 0.6 is 23.5 Å². The molecule has 0 saturated carbocycles. The number of carbonyl (C=O) groups excluding carboxylic acids is 1. The van der Waals surface area contributed by atoms with Gasteiger partial charge in [0.1, 0.15) is 12.4 Å². The van der Waals surface area contributed by atoms with E-state index < -0.39 is 0 Å². The van der Waals surface area contributed by atoms with Crippen molar-refractivity contribution in [3.63, 3.8) is 0 Å². The van der Waals surface area contributed by atoms with E-state index in [2.05, 4.69) is 4.98 Å². The van der Waals surface area contributed by atoms with Gasteiger partial charge in [0.05, 0.1) is 6.33 Å². The molecular formula is C21H19ClN4O2S. The summed E-state index contributed by atoms with van der Waals surface area (Å²) in [6.45, 7) is 0.597. The van der Waals surface area contributed by atoms with Crippen molar-refractivity contribution in [2.45, 2.75) is 5.75 Å². The highest BCUT2D eigenvalue weighted by Crippen LogP contribution is 2.35. The van der Waals surface area contributed by atoms with E-state index in [0.717, 1.165) is 5.56 Å². The van der Waals surface area contributed by atoms with E-state index in [1.165, 1.54) is 4.57 Å². The molecule has 0 amide bonds. The Morgan fingerprint density at radius 2 is 1.69 bits per heavy atom.